The van der Waals surface area contributed by atoms with Crippen molar-refractivity contribution in [2.75, 3.05) is 23.3 Å². The molecule has 0 atom stereocenters. The van der Waals surface area contributed by atoms with E-state index in [4.69, 9.17) is 0 Å². The molecule has 0 saturated carbocycles. The number of hydrogen-bond donors (Lipinski definition) is 2. The van der Waals surface area contributed by atoms with E-state index >= 15 is 0 Å². The molecule has 2 heterocycles. The van der Waals surface area contributed by atoms with Gasteiger partial charge in [0.15, 0.2) is 0 Å². The standard InChI is InChI=1S/C28H25F5N4O2/c29-18-20-15-21(28(31,32)33)17-23(16-20)35-26(39)27(10-13-37(14-11-27)24-3-1-2-12-34-24)36-25(38)9-6-19-4-7-22(30)8-5-19/h1-9,12,15-17H,10-11,13-14,18H2,(H,35,39)(H,36,38)/b9-6+. The van der Waals surface area contributed by atoms with E-state index in [-0.39, 0.29) is 24.1 Å². The quantitative estimate of drug-likeness (QED) is 0.304. The molecule has 1 aliphatic heterocycles. The van der Waals surface area contributed by atoms with Crippen molar-refractivity contribution in [3.8, 4) is 0 Å². The van der Waals surface area contributed by atoms with Crippen LogP contribution in [0.4, 0.5) is 33.5 Å². The topological polar surface area (TPSA) is 74.3 Å². The summed E-state index contributed by atoms with van der Waals surface area (Å²) in [5, 5.41) is 5.18. The number of aromatic nitrogens is 1. The largest absolute Gasteiger partial charge is 0.416 e. The number of amides is 2. The lowest BCUT2D eigenvalue weighted by molar-refractivity contribution is -0.137. The smallest absolute Gasteiger partial charge is 0.356 e. The molecule has 1 aliphatic rings. The highest BCUT2D eigenvalue weighted by Gasteiger charge is 2.43. The molecule has 2 amide bonds. The van der Waals surface area contributed by atoms with Crippen LogP contribution in [0, 0.1) is 5.82 Å². The van der Waals surface area contributed by atoms with E-state index < -0.39 is 41.6 Å². The van der Waals surface area contributed by atoms with E-state index in [2.05, 4.69) is 15.6 Å². The van der Waals surface area contributed by atoms with Crippen molar-refractivity contribution in [1.82, 2.24) is 10.3 Å². The summed E-state index contributed by atoms with van der Waals surface area (Å²) >= 11 is 0. The summed E-state index contributed by atoms with van der Waals surface area (Å²) in [4.78, 5) is 32.6. The van der Waals surface area contributed by atoms with Gasteiger partial charge >= 0.3 is 6.18 Å². The molecule has 0 aliphatic carbocycles. The minimum atomic E-state index is -4.74. The number of carbonyl (C=O) groups excluding carboxylic acids is 2. The number of piperidine rings is 1. The Bertz CT molecular complexity index is 1340. The third-order valence-electron chi connectivity index (χ3n) is 6.42. The first kappa shape index (κ1) is 27.7. The van der Waals surface area contributed by atoms with Gasteiger partial charge in [0.2, 0.25) is 11.8 Å². The second-order valence-corrected chi connectivity index (χ2v) is 9.14. The zero-order valence-corrected chi connectivity index (χ0v) is 20.6. The number of alkyl halides is 4. The molecule has 0 radical (unpaired) electrons. The summed E-state index contributed by atoms with van der Waals surface area (Å²) in [7, 11) is 0. The highest BCUT2D eigenvalue weighted by molar-refractivity contribution is 6.03. The SMILES string of the molecule is O=C(/C=C/c1ccc(F)cc1)NC1(C(=O)Nc2cc(CF)cc(C(F)(F)F)c2)CCN(c2ccccn2)CC1. The van der Waals surface area contributed by atoms with E-state index in [1.807, 2.05) is 11.0 Å². The van der Waals surface area contributed by atoms with Gasteiger partial charge in [0.05, 0.1) is 5.56 Å². The first-order chi connectivity index (χ1) is 18.6. The molecule has 0 spiro atoms. The van der Waals surface area contributed by atoms with Crippen molar-refractivity contribution in [2.24, 2.45) is 0 Å². The fraction of sp³-hybridized carbons (Fsp3) is 0.250. The molecule has 3 aromatic rings. The lowest BCUT2D eigenvalue weighted by Gasteiger charge is -2.41. The fourth-order valence-corrected chi connectivity index (χ4v) is 4.35. The van der Waals surface area contributed by atoms with E-state index in [9.17, 15) is 31.5 Å². The monoisotopic (exact) mass is 544 g/mol. The molecule has 2 N–H and O–H groups in total. The molecular formula is C28H25F5N4O2. The van der Waals surface area contributed by atoms with Gasteiger partial charge in [0.1, 0.15) is 23.8 Å². The Hall–Kier alpha value is -4.28. The maximum absolute atomic E-state index is 13.5. The number of benzene rings is 2. The molecule has 0 unspecified atom stereocenters. The van der Waals surface area contributed by atoms with Gasteiger partial charge in [-0.25, -0.2) is 13.8 Å². The summed E-state index contributed by atoms with van der Waals surface area (Å²) in [6.45, 7) is -0.503. The van der Waals surface area contributed by atoms with Crippen molar-refractivity contribution in [3.05, 3.63) is 95.4 Å². The van der Waals surface area contributed by atoms with Crippen molar-refractivity contribution in [2.45, 2.75) is 31.2 Å². The van der Waals surface area contributed by atoms with Crippen molar-refractivity contribution in [1.29, 1.82) is 0 Å². The number of halogens is 5. The minimum absolute atomic E-state index is 0.125. The Morgan fingerprint density at radius 3 is 2.36 bits per heavy atom. The van der Waals surface area contributed by atoms with Crippen LogP contribution < -0.4 is 15.5 Å². The summed E-state index contributed by atoms with van der Waals surface area (Å²) in [5.41, 5.74) is -2.49. The maximum Gasteiger partial charge on any atom is 0.416 e. The molecule has 1 saturated heterocycles. The summed E-state index contributed by atoms with van der Waals surface area (Å²) in [6.07, 6.45) is -0.221. The van der Waals surface area contributed by atoms with Crippen LogP contribution in [0.25, 0.3) is 6.08 Å². The number of anilines is 2. The molecule has 1 fully saturated rings. The van der Waals surface area contributed by atoms with Crippen LogP contribution in [0.15, 0.2) is 72.9 Å². The number of carbonyl (C=O) groups is 2. The third-order valence-corrected chi connectivity index (χ3v) is 6.42. The second kappa shape index (κ2) is 11.6. The molecule has 6 nitrogen and oxygen atoms in total. The van der Waals surface area contributed by atoms with Crippen molar-refractivity contribution >= 4 is 29.4 Å². The van der Waals surface area contributed by atoms with Crippen LogP contribution in [-0.2, 0) is 22.4 Å². The number of rotatable bonds is 7. The van der Waals surface area contributed by atoms with Crippen LogP contribution in [0.2, 0.25) is 0 Å². The van der Waals surface area contributed by atoms with Gasteiger partial charge in [-0.3, -0.25) is 9.59 Å². The third kappa shape index (κ3) is 6.98. The molecule has 0 bridgehead atoms. The first-order valence-corrected chi connectivity index (χ1v) is 12.1. The number of pyridine rings is 1. The lowest BCUT2D eigenvalue weighted by atomic mass is 9.86. The Labute approximate surface area is 221 Å². The molecule has 1 aromatic heterocycles. The summed E-state index contributed by atoms with van der Waals surface area (Å²) in [6, 6.07) is 13.3. The molecule has 4 rings (SSSR count). The van der Waals surface area contributed by atoms with Crippen LogP contribution in [-0.4, -0.2) is 35.4 Å². The van der Waals surface area contributed by atoms with E-state index in [1.54, 1.807) is 18.3 Å². The van der Waals surface area contributed by atoms with Crippen LogP contribution >= 0.6 is 0 Å². The zero-order chi connectivity index (χ0) is 28.0. The Kier molecular flexibility index (Phi) is 8.27. The van der Waals surface area contributed by atoms with Crippen molar-refractivity contribution in [3.63, 3.8) is 0 Å². The zero-order valence-electron chi connectivity index (χ0n) is 20.6. The van der Waals surface area contributed by atoms with Crippen LogP contribution in [0.5, 0.6) is 0 Å². The predicted octanol–water partition coefficient (Wildman–Crippen LogP) is 5.52. The van der Waals surface area contributed by atoms with Crippen LogP contribution in [0.1, 0.15) is 29.5 Å². The predicted molar refractivity (Wildman–Crippen MR) is 137 cm³/mol. The summed E-state index contributed by atoms with van der Waals surface area (Å²) < 4.78 is 66.5. The molecule has 204 valence electrons. The maximum atomic E-state index is 13.5. The first-order valence-electron chi connectivity index (χ1n) is 12.1. The average molecular weight is 545 g/mol. The van der Waals surface area contributed by atoms with E-state index in [0.717, 1.165) is 12.1 Å². The molecule has 11 heteroatoms. The van der Waals surface area contributed by atoms with Gasteiger partial charge in [-0.15, -0.1) is 0 Å². The summed E-state index contributed by atoms with van der Waals surface area (Å²) in [5.74, 6) is -1.10. The Balaban J connectivity index is 1.58. The van der Waals surface area contributed by atoms with Gasteiger partial charge in [0.25, 0.3) is 0 Å². The molecule has 39 heavy (non-hydrogen) atoms. The second-order valence-electron chi connectivity index (χ2n) is 9.14. The van der Waals surface area contributed by atoms with Crippen molar-refractivity contribution < 1.29 is 31.5 Å². The van der Waals surface area contributed by atoms with Crippen LogP contribution in [0.3, 0.4) is 0 Å². The van der Waals surface area contributed by atoms with Gasteiger partial charge in [-0.1, -0.05) is 18.2 Å². The van der Waals surface area contributed by atoms with Gasteiger partial charge in [-0.2, -0.15) is 13.2 Å². The molecular weight excluding hydrogens is 519 g/mol. The Morgan fingerprint density at radius 1 is 1.03 bits per heavy atom. The molecule has 2 aromatic carbocycles. The highest BCUT2D eigenvalue weighted by atomic mass is 19.4. The number of nitrogens with zero attached hydrogens (tertiary/aromatic N) is 2. The van der Waals surface area contributed by atoms with Gasteiger partial charge in [-0.05, 0) is 72.5 Å². The minimum Gasteiger partial charge on any atom is -0.356 e. The Morgan fingerprint density at radius 2 is 1.74 bits per heavy atom. The van der Waals surface area contributed by atoms with E-state index in [1.165, 1.54) is 36.4 Å². The average Bonchev–Trinajstić information content (AvgIpc) is 2.93. The van der Waals surface area contributed by atoms with E-state index in [0.29, 0.717) is 30.5 Å². The van der Waals surface area contributed by atoms with Gasteiger partial charge < -0.3 is 15.5 Å². The lowest BCUT2D eigenvalue weighted by Crippen LogP contribution is -2.61. The van der Waals surface area contributed by atoms with Gasteiger partial charge in [0, 0.05) is 31.0 Å². The fourth-order valence-electron chi connectivity index (χ4n) is 4.35. The highest BCUT2D eigenvalue weighted by Crippen LogP contribution is 2.33. The number of nitrogens with one attached hydrogen (secondary N) is 2. The normalized spacial score (nSPS) is 15.3. The number of hydrogen-bond acceptors (Lipinski definition) is 4.